The summed E-state index contributed by atoms with van der Waals surface area (Å²) < 4.78 is 16.2. The zero-order valence-corrected chi connectivity index (χ0v) is 9.10. The molecule has 0 radical (unpaired) electrons. The van der Waals surface area contributed by atoms with Gasteiger partial charge in [-0.25, -0.2) is 0 Å². The molecule has 1 N–H and O–H groups in total. The lowest BCUT2D eigenvalue weighted by Gasteiger charge is -2.14. The average molecular weight is 220 g/mol. The van der Waals surface area contributed by atoms with E-state index in [0.29, 0.717) is 18.1 Å². The third kappa shape index (κ3) is 1.56. The van der Waals surface area contributed by atoms with E-state index in [1.807, 2.05) is 12.1 Å². The summed E-state index contributed by atoms with van der Waals surface area (Å²) in [7, 11) is 0.711. The highest BCUT2D eigenvalue weighted by atomic mass is 16.5. The molecule has 0 bridgehead atoms. The topological polar surface area (TPSA) is 47.9 Å². The van der Waals surface area contributed by atoms with Crippen LogP contribution in [0.4, 0.5) is 0 Å². The lowest BCUT2D eigenvalue weighted by Crippen LogP contribution is -2.30. The molecular weight excluding hydrogens is 207 g/mol. The Hall–Kier alpha value is -1.20. The normalized spacial score (nSPS) is 18.5. The first kappa shape index (κ1) is 9.99. The molecule has 4 nitrogen and oxygen atoms in total. The first-order chi connectivity index (χ1) is 7.79. The number of rotatable bonds is 3. The molecule has 1 aliphatic carbocycles. The minimum Gasteiger partial charge on any atom is -0.493 e. The molecule has 1 fully saturated rings. The van der Waals surface area contributed by atoms with Gasteiger partial charge < -0.3 is 19.2 Å². The molecule has 0 spiro atoms. The molecule has 5 heteroatoms. The molecule has 0 amide bonds. The Morgan fingerprint density at radius 2 is 2.25 bits per heavy atom. The molecule has 3 rings (SSSR count). The van der Waals surface area contributed by atoms with Crippen LogP contribution in [0, 0.1) is 0 Å². The first-order valence-electron chi connectivity index (χ1n) is 5.45. The van der Waals surface area contributed by atoms with Gasteiger partial charge in [0.2, 0.25) is 0 Å². The summed E-state index contributed by atoms with van der Waals surface area (Å²) in [5.74, 6) is 1.31. The van der Waals surface area contributed by atoms with E-state index in [-0.39, 0.29) is 6.10 Å². The number of fused-ring (bicyclic) bond motifs is 1. The van der Waals surface area contributed by atoms with Crippen LogP contribution in [0.25, 0.3) is 0 Å². The summed E-state index contributed by atoms with van der Waals surface area (Å²) in [5, 5.41) is 9.76. The molecule has 1 aromatic rings. The van der Waals surface area contributed by atoms with Crippen LogP contribution in [-0.2, 0) is 11.3 Å². The van der Waals surface area contributed by atoms with Gasteiger partial charge in [-0.2, -0.15) is 0 Å². The highest BCUT2D eigenvalue weighted by Crippen LogP contribution is 2.34. The minimum atomic E-state index is -0.890. The summed E-state index contributed by atoms with van der Waals surface area (Å²) in [4.78, 5) is 0. The van der Waals surface area contributed by atoms with Crippen molar-refractivity contribution in [2.45, 2.75) is 25.6 Å². The Bertz CT molecular complexity index is 417. The van der Waals surface area contributed by atoms with E-state index >= 15 is 0 Å². The second-order valence-electron chi connectivity index (χ2n) is 4.15. The van der Waals surface area contributed by atoms with E-state index in [2.05, 4.69) is 0 Å². The fourth-order valence-electron chi connectivity index (χ4n) is 1.90. The molecule has 0 atom stereocenters. The summed E-state index contributed by atoms with van der Waals surface area (Å²) in [6.07, 6.45) is 2.42. The lowest BCUT2D eigenvalue weighted by molar-refractivity contribution is 0.273. The van der Waals surface area contributed by atoms with Crippen LogP contribution in [0.5, 0.6) is 11.5 Å². The van der Waals surface area contributed by atoms with Crippen LogP contribution < -0.4 is 14.9 Å². The molecule has 84 valence electrons. The predicted molar refractivity (Wildman–Crippen MR) is 59.0 cm³/mol. The van der Waals surface area contributed by atoms with Crippen LogP contribution >= 0.6 is 0 Å². The van der Waals surface area contributed by atoms with Gasteiger partial charge in [-0.15, -0.1) is 0 Å². The maximum Gasteiger partial charge on any atom is 0.495 e. The Labute approximate surface area is 94.3 Å². The maximum absolute atomic E-state index is 9.76. The van der Waals surface area contributed by atoms with Crippen LogP contribution in [0.2, 0.25) is 0 Å². The van der Waals surface area contributed by atoms with Crippen LogP contribution in [0.1, 0.15) is 18.4 Å². The van der Waals surface area contributed by atoms with Gasteiger partial charge in [-0.3, -0.25) is 0 Å². The Morgan fingerprint density at radius 3 is 2.94 bits per heavy atom. The predicted octanol–water partition coefficient (Wildman–Crippen LogP) is 0.454. The smallest absolute Gasteiger partial charge is 0.493 e. The van der Waals surface area contributed by atoms with Crippen molar-refractivity contribution >= 4 is 12.6 Å². The SMILES string of the molecule is COc1ccc2c(c1OC1CC1)B(O)OC2. The zero-order chi connectivity index (χ0) is 11.1. The van der Waals surface area contributed by atoms with Gasteiger partial charge in [0, 0.05) is 5.46 Å². The minimum absolute atomic E-state index is 0.271. The fourth-order valence-corrected chi connectivity index (χ4v) is 1.90. The summed E-state index contributed by atoms with van der Waals surface area (Å²) in [6, 6.07) is 3.77. The Morgan fingerprint density at radius 1 is 1.44 bits per heavy atom. The number of hydrogen-bond acceptors (Lipinski definition) is 4. The van der Waals surface area contributed by atoms with Gasteiger partial charge in [0.25, 0.3) is 0 Å². The van der Waals surface area contributed by atoms with Crippen LogP contribution in [0.15, 0.2) is 12.1 Å². The second-order valence-corrected chi connectivity index (χ2v) is 4.15. The molecule has 1 saturated carbocycles. The van der Waals surface area contributed by atoms with Gasteiger partial charge in [0.05, 0.1) is 19.8 Å². The van der Waals surface area contributed by atoms with E-state index in [9.17, 15) is 5.02 Å². The van der Waals surface area contributed by atoms with Crippen molar-refractivity contribution in [3.63, 3.8) is 0 Å². The van der Waals surface area contributed by atoms with Crippen molar-refractivity contribution in [2.75, 3.05) is 7.11 Å². The van der Waals surface area contributed by atoms with Gasteiger partial charge in [-0.05, 0) is 24.5 Å². The van der Waals surface area contributed by atoms with Crippen molar-refractivity contribution in [1.29, 1.82) is 0 Å². The van der Waals surface area contributed by atoms with Gasteiger partial charge in [-0.1, -0.05) is 6.07 Å². The molecule has 0 unspecified atom stereocenters. The third-order valence-corrected chi connectivity index (χ3v) is 2.92. The summed E-state index contributed by atoms with van der Waals surface area (Å²) in [6.45, 7) is 0.432. The standard InChI is InChI=1S/C11H13BO4/c1-14-9-5-2-7-6-15-12(13)10(7)11(9)16-8-3-4-8/h2,5,8,13H,3-4,6H2,1H3. The first-order valence-corrected chi connectivity index (χ1v) is 5.45. The molecule has 2 aliphatic rings. The number of hydrogen-bond donors (Lipinski definition) is 1. The fraction of sp³-hybridized carbons (Fsp3) is 0.455. The van der Waals surface area contributed by atoms with Crippen LogP contribution in [0.3, 0.4) is 0 Å². The van der Waals surface area contributed by atoms with Crippen molar-refractivity contribution in [3.05, 3.63) is 17.7 Å². The van der Waals surface area contributed by atoms with E-state index < -0.39 is 7.12 Å². The molecule has 1 aromatic carbocycles. The van der Waals surface area contributed by atoms with Crippen molar-refractivity contribution in [3.8, 4) is 11.5 Å². The van der Waals surface area contributed by atoms with Gasteiger partial charge in [0.1, 0.15) is 0 Å². The third-order valence-electron chi connectivity index (χ3n) is 2.92. The van der Waals surface area contributed by atoms with Gasteiger partial charge >= 0.3 is 7.12 Å². The number of ether oxygens (including phenoxy) is 2. The highest BCUT2D eigenvalue weighted by Gasteiger charge is 2.35. The van der Waals surface area contributed by atoms with E-state index in [4.69, 9.17) is 14.1 Å². The average Bonchev–Trinajstić information content (AvgIpc) is 3.03. The Kier molecular flexibility index (Phi) is 2.30. The van der Waals surface area contributed by atoms with Crippen LogP contribution in [-0.4, -0.2) is 25.4 Å². The molecular formula is C11H13BO4. The Balaban J connectivity index is 2.05. The van der Waals surface area contributed by atoms with E-state index in [1.54, 1.807) is 7.11 Å². The quantitative estimate of drug-likeness (QED) is 0.751. The van der Waals surface area contributed by atoms with Crippen molar-refractivity contribution in [2.24, 2.45) is 0 Å². The maximum atomic E-state index is 9.76. The summed E-state index contributed by atoms with van der Waals surface area (Å²) in [5.41, 5.74) is 1.70. The van der Waals surface area contributed by atoms with Gasteiger partial charge in [0.15, 0.2) is 11.5 Å². The van der Waals surface area contributed by atoms with Crippen molar-refractivity contribution in [1.82, 2.24) is 0 Å². The molecule has 1 heterocycles. The molecule has 0 aromatic heterocycles. The zero-order valence-electron chi connectivity index (χ0n) is 9.10. The number of methoxy groups -OCH3 is 1. The molecule has 1 aliphatic heterocycles. The summed E-state index contributed by atoms with van der Waals surface area (Å²) >= 11 is 0. The van der Waals surface area contributed by atoms with Crippen molar-refractivity contribution < 1.29 is 19.2 Å². The second kappa shape index (κ2) is 3.68. The lowest BCUT2D eigenvalue weighted by atomic mass is 9.78. The highest BCUT2D eigenvalue weighted by molar-refractivity contribution is 6.62. The number of benzene rings is 1. The van der Waals surface area contributed by atoms with E-state index in [1.165, 1.54) is 0 Å². The largest absolute Gasteiger partial charge is 0.495 e. The van der Waals surface area contributed by atoms with E-state index in [0.717, 1.165) is 23.9 Å². The molecule has 16 heavy (non-hydrogen) atoms. The monoisotopic (exact) mass is 220 g/mol. The molecule has 0 saturated heterocycles.